The van der Waals surface area contributed by atoms with Crippen molar-refractivity contribution in [2.45, 2.75) is 33.2 Å². The summed E-state index contributed by atoms with van der Waals surface area (Å²) in [6.45, 7) is 6.47. The molecule has 4 rings (SSSR count). The quantitative estimate of drug-likeness (QED) is 0.416. The monoisotopic (exact) mass is 425 g/mol. The zero-order chi connectivity index (χ0) is 22.0. The molecule has 2 aromatic heterocycles. The van der Waals surface area contributed by atoms with Gasteiger partial charge in [-0.2, -0.15) is 19.6 Å². The van der Waals surface area contributed by atoms with Crippen molar-refractivity contribution in [1.82, 2.24) is 24.8 Å². The second kappa shape index (κ2) is 8.73. The molecular weight excluding hydrogens is 401 g/mol. The Bertz CT molecular complexity index is 1150. The molecule has 31 heavy (non-hydrogen) atoms. The smallest absolute Gasteiger partial charge is 0.312 e. The lowest BCUT2D eigenvalue weighted by atomic mass is 10.0. The minimum atomic E-state index is -0.888. The van der Waals surface area contributed by atoms with Gasteiger partial charge in [-0.15, -0.1) is 0 Å². The molecule has 1 aliphatic heterocycles. The highest BCUT2D eigenvalue weighted by Crippen LogP contribution is 2.36. The Kier molecular flexibility index (Phi) is 5.86. The van der Waals surface area contributed by atoms with Gasteiger partial charge < -0.3 is 25.1 Å². The highest BCUT2D eigenvalue weighted by molar-refractivity contribution is 5.82. The van der Waals surface area contributed by atoms with Crippen molar-refractivity contribution in [3.8, 4) is 17.6 Å². The first kappa shape index (κ1) is 20.8. The van der Waals surface area contributed by atoms with Crippen LogP contribution in [-0.4, -0.2) is 39.4 Å². The maximum Gasteiger partial charge on any atom is 0.312 e. The normalized spacial score (nSPS) is 12.6. The highest BCUT2D eigenvalue weighted by atomic mass is 19.1. The average Bonchev–Trinajstić information content (AvgIpc) is 3.30. The van der Waals surface area contributed by atoms with Gasteiger partial charge in [0.15, 0.2) is 28.5 Å². The van der Waals surface area contributed by atoms with Crippen LogP contribution in [0.25, 0.3) is 11.2 Å². The summed E-state index contributed by atoms with van der Waals surface area (Å²) in [6.07, 6.45) is -0.269. The first-order chi connectivity index (χ1) is 15.0. The maximum atomic E-state index is 13.9. The van der Waals surface area contributed by atoms with Crippen LogP contribution in [0.5, 0.6) is 11.5 Å². The molecule has 0 spiro atoms. The molecule has 1 aliphatic rings. The van der Waals surface area contributed by atoms with Gasteiger partial charge in [-0.1, -0.05) is 13.8 Å². The van der Waals surface area contributed by atoms with Crippen LogP contribution < -0.4 is 20.5 Å². The minimum Gasteiger partial charge on any atom is -0.454 e. The summed E-state index contributed by atoms with van der Waals surface area (Å²) in [5, 5.41) is 12.6. The van der Waals surface area contributed by atoms with Crippen molar-refractivity contribution >= 4 is 17.0 Å². The lowest BCUT2D eigenvalue weighted by Crippen LogP contribution is -2.25. The molecule has 0 saturated carbocycles. The summed E-state index contributed by atoms with van der Waals surface area (Å²) < 4.78 is 26.7. The number of hydrogen-bond donors (Lipinski definition) is 2. The Morgan fingerprint density at radius 3 is 2.68 bits per heavy atom. The summed E-state index contributed by atoms with van der Waals surface area (Å²) in [5.74, 6) is 2.42. The summed E-state index contributed by atoms with van der Waals surface area (Å²) in [5.41, 5.74) is 8.34. The number of nitriles is 1. The molecule has 0 fully saturated rings. The number of rotatable bonds is 8. The van der Waals surface area contributed by atoms with Crippen LogP contribution in [0.2, 0.25) is 0 Å². The van der Waals surface area contributed by atoms with Gasteiger partial charge in [0, 0.05) is 19.5 Å². The lowest BCUT2D eigenvalue weighted by Gasteiger charge is -2.13. The van der Waals surface area contributed by atoms with Crippen molar-refractivity contribution in [2.24, 2.45) is 5.92 Å². The van der Waals surface area contributed by atoms with Crippen molar-refractivity contribution in [1.29, 1.82) is 5.26 Å². The number of fused-ring (bicyclic) bond motifs is 2. The van der Waals surface area contributed by atoms with E-state index in [4.69, 9.17) is 15.2 Å². The van der Waals surface area contributed by atoms with Gasteiger partial charge in [0.05, 0.1) is 12.5 Å². The second-order valence-electron chi connectivity index (χ2n) is 7.81. The largest absolute Gasteiger partial charge is 0.454 e. The molecule has 0 saturated heterocycles. The Hall–Kier alpha value is -3.45. The number of benzene rings is 1. The molecule has 10 heteroatoms. The molecule has 0 amide bonds. The standard InChI is InChI=1S/C21H24FN7O2/c1-12(2)10-25-5-6-29-17(26-18-19(24)27-21(22)28-20(18)29)9-14-8-16-15(30-11-31-16)7-13(14)3-4-23/h7-8,12,25H,3,5-6,9-11H2,1-2H3,(H2,24,27,28). The van der Waals surface area contributed by atoms with E-state index in [1.54, 1.807) is 0 Å². The van der Waals surface area contributed by atoms with Gasteiger partial charge in [0.2, 0.25) is 6.79 Å². The van der Waals surface area contributed by atoms with Crippen molar-refractivity contribution in [3.05, 3.63) is 35.2 Å². The van der Waals surface area contributed by atoms with Crippen LogP contribution in [0.3, 0.4) is 0 Å². The van der Waals surface area contributed by atoms with Crippen LogP contribution in [0.4, 0.5) is 10.2 Å². The topological polar surface area (TPSA) is 124 Å². The Morgan fingerprint density at radius 2 is 1.97 bits per heavy atom. The van der Waals surface area contributed by atoms with Crippen molar-refractivity contribution in [3.63, 3.8) is 0 Å². The van der Waals surface area contributed by atoms with Crippen LogP contribution >= 0.6 is 0 Å². The molecule has 0 atom stereocenters. The third-order valence-electron chi connectivity index (χ3n) is 5.05. The van der Waals surface area contributed by atoms with E-state index in [1.807, 2.05) is 16.7 Å². The first-order valence-corrected chi connectivity index (χ1v) is 10.1. The number of aromatic nitrogens is 4. The minimum absolute atomic E-state index is 0.000532. The second-order valence-corrected chi connectivity index (χ2v) is 7.81. The molecule has 3 heterocycles. The Balaban J connectivity index is 1.72. The third-order valence-corrected chi connectivity index (χ3v) is 5.05. The lowest BCUT2D eigenvalue weighted by molar-refractivity contribution is 0.174. The zero-order valence-electron chi connectivity index (χ0n) is 17.5. The van der Waals surface area contributed by atoms with Crippen molar-refractivity contribution < 1.29 is 13.9 Å². The van der Waals surface area contributed by atoms with E-state index in [0.29, 0.717) is 53.9 Å². The molecule has 9 nitrogen and oxygen atoms in total. The van der Waals surface area contributed by atoms with E-state index in [-0.39, 0.29) is 19.0 Å². The first-order valence-electron chi connectivity index (χ1n) is 10.1. The van der Waals surface area contributed by atoms with E-state index < -0.39 is 6.08 Å². The van der Waals surface area contributed by atoms with E-state index in [1.165, 1.54) is 0 Å². The summed E-state index contributed by atoms with van der Waals surface area (Å²) in [6, 6.07) is 5.88. The maximum absolute atomic E-state index is 13.9. The number of ether oxygens (including phenoxy) is 2. The summed E-state index contributed by atoms with van der Waals surface area (Å²) in [4.78, 5) is 12.2. The predicted octanol–water partition coefficient (Wildman–Crippen LogP) is 2.18. The molecule has 0 unspecified atom stereocenters. The van der Waals surface area contributed by atoms with Gasteiger partial charge in [0.1, 0.15) is 5.82 Å². The average molecular weight is 425 g/mol. The van der Waals surface area contributed by atoms with E-state index in [9.17, 15) is 9.65 Å². The molecule has 3 N–H and O–H groups in total. The predicted molar refractivity (Wildman–Crippen MR) is 112 cm³/mol. The Morgan fingerprint density at radius 1 is 1.23 bits per heavy atom. The number of nitrogens with two attached hydrogens (primary N) is 1. The van der Waals surface area contributed by atoms with Crippen LogP contribution in [0.1, 0.15) is 30.8 Å². The SMILES string of the molecule is CC(C)CNCCn1c(Cc2cc3c(cc2CC#N)OCO3)nc2c(N)nc(F)nc21. The molecular formula is C21H24FN7O2. The summed E-state index contributed by atoms with van der Waals surface area (Å²) in [7, 11) is 0. The number of anilines is 1. The number of nitrogen functional groups attached to an aromatic ring is 1. The van der Waals surface area contributed by atoms with Crippen LogP contribution in [0, 0.1) is 23.3 Å². The number of halogens is 1. The van der Waals surface area contributed by atoms with Crippen LogP contribution in [-0.2, 0) is 19.4 Å². The van der Waals surface area contributed by atoms with Crippen LogP contribution in [0.15, 0.2) is 12.1 Å². The molecule has 162 valence electrons. The molecule has 1 aromatic carbocycles. The van der Waals surface area contributed by atoms with E-state index in [2.05, 4.69) is 40.2 Å². The number of nitrogens with one attached hydrogen (secondary N) is 1. The summed E-state index contributed by atoms with van der Waals surface area (Å²) >= 11 is 0. The van der Waals surface area contributed by atoms with Crippen molar-refractivity contribution in [2.75, 3.05) is 25.6 Å². The molecule has 3 aromatic rings. The fraction of sp³-hybridized carbons (Fsp3) is 0.429. The zero-order valence-corrected chi connectivity index (χ0v) is 17.5. The fourth-order valence-electron chi connectivity index (χ4n) is 3.60. The van der Waals surface area contributed by atoms with Gasteiger partial charge in [-0.05, 0) is 35.7 Å². The molecule has 0 aliphatic carbocycles. The number of imidazole rings is 1. The third kappa shape index (κ3) is 4.36. The van der Waals surface area contributed by atoms with Gasteiger partial charge in [0.25, 0.3) is 0 Å². The molecule has 0 radical (unpaired) electrons. The van der Waals surface area contributed by atoms with E-state index in [0.717, 1.165) is 17.7 Å². The fourth-order valence-corrected chi connectivity index (χ4v) is 3.60. The van der Waals surface area contributed by atoms with Gasteiger partial charge in [-0.25, -0.2) is 4.98 Å². The van der Waals surface area contributed by atoms with E-state index >= 15 is 0 Å². The molecule has 0 bridgehead atoms. The van der Waals surface area contributed by atoms with Gasteiger partial charge in [-0.3, -0.25) is 0 Å². The highest BCUT2D eigenvalue weighted by Gasteiger charge is 2.21. The number of nitrogens with zero attached hydrogens (tertiary/aromatic N) is 5. The van der Waals surface area contributed by atoms with Gasteiger partial charge >= 0.3 is 6.08 Å². The number of hydrogen-bond acceptors (Lipinski definition) is 8. The Labute approximate surface area is 179 Å².